The third-order valence-corrected chi connectivity index (χ3v) is 7.25. The number of aromatic amines is 1. The van der Waals surface area contributed by atoms with Gasteiger partial charge in [-0.3, -0.25) is 4.79 Å². The summed E-state index contributed by atoms with van der Waals surface area (Å²) in [7, 11) is 0. The monoisotopic (exact) mass is 443 g/mol. The molecule has 0 saturated heterocycles. The first-order valence-electron chi connectivity index (χ1n) is 9.51. The van der Waals surface area contributed by atoms with Crippen molar-refractivity contribution in [3.05, 3.63) is 56.7 Å². The molecule has 4 heterocycles. The molecule has 0 aliphatic carbocycles. The molecule has 3 aromatic heterocycles. The SMILES string of the molecule is O=c1[nH]c(CSc2nnc3n2CCCCC3)nc2scc(-c3ccccc3Cl)c12. The van der Waals surface area contributed by atoms with Crippen LogP contribution in [-0.4, -0.2) is 24.7 Å². The van der Waals surface area contributed by atoms with E-state index in [1.807, 2.05) is 29.6 Å². The van der Waals surface area contributed by atoms with Crippen molar-refractivity contribution in [3.8, 4) is 11.1 Å². The fourth-order valence-electron chi connectivity index (χ4n) is 3.64. The van der Waals surface area contributed by atoms with Gasteiger partial charge in [0.1, 0.15) is 16.5 Å². The van der Waals surface area contributed by atoms with E-state index < -0.39 is 0 Å². The van der Waals surface area contributed by atoms with E-state index in [4.69, 9.17) is 11.6 Å². The molecule has 1 N–H and O–H groups in total. The summed E-state index contributed by atoms with van der Waals surface area (Å²) in [4.78, 5) is 21.2. The van der Waals surface area contributed by atoms with Crippen molar-refractivity contribution in [2.45, 2.75) is 43.1 Å². The number of nitrogens with one attached hydrogen (secondary N) is 1. The summed E-state index contributed by atoms with van der Waals surface area (Å²) in [5.74, 6) is 2.25. The number of halogens is 1. The second-order valence-electron chi connectivity index (χ2n) is 6.97. The fourth-order valence-corrected chi connectivity index (χ4v) is 5.69. The van der Waals surface area contributed by atoms with Gasteiger partial charge < -0.3 is 9.55 Å². The molecule has 0 bridgehead atoms. The highest BCUT2D eigenvalue weighted by molar-refractivity contribution is 7.98. The average molecular weight is 444 g/mol. The Morgan fingerprint density at radius 3 is 2.97 bits per heavy atom. The Morgan fingerprint density at radius 2 is 2.07 bits per heavy atom. The van der Waals surface area contributed by atoms with Gasteiger partial charge in [0.05, 0.1) is 11.1 Å². The molecule has 1 aliphatic heterocycles. The van der Waals surface area contributed by atoms with Crippen molar-refractivity contribution in [2.75, 3.05) is 0 Å². The number of hydrogen-bond donors (Lipinski definition) is 1. The minimum Gasteiger partial charge on any atom is -0.309 e. The zero-order chi connectivity index (χ0) is 19.8. The largest absolute Gasteiger partial charge is 0.309 e. The van der Waals surface area contributed by atoms with Crippen LogP contribution in [0.4, 0.5) is 0 Å². The maximum Gasteiger partial charge on any atom is 0.260 e. The van der Waals surface area contributed by atoms with Gasteiger partial charge in [0.15, 0.2) is 5.16 Å². The van der Waals surface area contributed by atoms with E-state index in [1.165, 1.54) is 24.2 Å². The molecule has 0 saturated carbocycles. The molecule has 9 heteroatoms. The number of hydrogen-bond acceptors (Lipinski definition) is 6. The zero-order valence-corrected chi connectivity index (χ0v) is 17.9. The third-order valence-electron chi connectivity index (χ3n) is 5.07. The standard InChI is InChI=1S/C20H18ClN5OS2/c21-14-7-4-3-6-12(14)13-10-28-19-17(13)18(27)22-15(23-19)11-29-20-25-24-16-8-2-1-5-9-26(16)20/h3-4,6-7,10H,1-2,5,8-9,11H2,(H,22,23,27). The highest BCUT2D eigenvalue weighted by atomic mass is 35.5. The van der Waals surface area contributed by atoms with E-state index in [-0.39, 0.29) is 5.56 Å². The van der Waals surface area contributed by atoms with Gasteiger partial charge in [0.25, 0.3) is 5.56 Å². The number of H-pyrrole nitrogens is 1. The number of benzene rings is 1. The molecule has 4 aromatic rings. The topological polar surface area (TPSA) is 76.5 Å². The molecule has 6 nitrogen and oxygen atoms in total. The highest BCUT2D eigenvalue weighted by Crippen LogP contribution is 2.35. The van der Waals surface area contributed by atoms with Gasteiger partial charge >= 0.3 is 0 Å². The molecule has 0 fully saturated rings. The molecule has 0 radical (unpaired) electrons. The smallest absolute Gasteiger partial charge is 0.260 e. The van der Waals surface area contributed by atoms with Crippen molar-refractivity contribution in [2.24, 2.45) is 0 Å². The van der Waals surface area contributed by atoms with Crippen molar-refractivity contribution in [3.63, 3.8) is 0 Å². The van der Waals surface area contributed by atoms with Gasteiger partial charge in [-0.15, -0.1) is 21.5 Å². The molecule has 0 atom stereocenters. The second-order valence-corrected chi connectivity index (χ2v) is 9.18. The van der Waals surface area contributed by atoms with Crippen LogP contribution in [0.3, 0.4) is 0 Å². The average Bonchev–Trinajstić information content (AvgIpc) is 3.24. The van der Waals surface area contributed by atoms with Crippen molar-refractivity contribution >= 4 is 44.9 Å². The Morgan fingerprint density at radius 1 is 1.17 bits per heavy atom. The summed E-state index contributed by atoms with van der Waals surface area (Å²) in [5, 5.41) is 12.7. The maximum atomic E-state index is 12.8. The molecule has 29 heavy (non-hydrogen) atoms. The minimum atomic E-state index is -0.137. The number of fused-ring (bicyclic) bond motifs is 2. The van der Waals surface area contributed by atoms with E-state index >= 15 is 0 Å². The lowest BCUT2D eigenvalue weighted by atomic mass is 10.1. The van der Waals surface area contributed by atoms with Crippen molar-refractivity contribution in [1.82, 2.24) is 24.7 Å². The van der Waals surface area contributed by atoms with Gasteiger partial charge in [-0.1, -0.05) is 48.0 Å². The highest BCUT2D eigenvalue weighted by Gasteiger charge is 2.17. The second kappa shape index (κ2) is 7.93. The Kier molecular flexibility index (Phi) is 5.15. The summed E-state index contributed by atoms with van der Waals surface area (Å²) in [6.07, 6.45) is 4.53. The molecular weight excluding hydrogens is 426 g/mol. The van der Waals surface area contributed by atoms with Crippen LogP contribution in [0.5, 0.6) is 0 Å². The molecular formula is C20H18ClN5OS2. The molecule has 0 unspecified atom stereocenters. The first-order valence-corrected chi connectivity index (χ1v) is 11.7. The number of thioether (sulfide) groups is 1. The van der Waals surface area contributed by atoms with Crippen LogP contribution in [0.2, 0.25) is 5.02 Å². The van der Waals surface area contributed by atoms with Crippen LogP contribution in [0.25, 0.3) is 21.3 Å². The minimum absolute atomic E-state index is 0.137. The fraction of sp³-hybridized carbons (Fsp3) is 0.300. The molecule has 1 aliphatic rings. The van der Waals surface area contributed by atoms with Crippen LogP contribution in [0.1, 0.15) is 30.9 Å². The summed E-state index contributed by atoms with van der Waals surface area (Å²) in [6, 6.07) is 7.54. The van der Waals surface area contributed by atoms with E-state index in [0.29, 0.717) is 22.0 Å². The number of aryl methyl sites for hydroxylation is 1. The number of thiophene rings is 1. The quantitative estimate of drug-likeness (QED) is 0.453. The van der Waals surface area contributed by atoms with Crippen LogP contribution in [0, 0.1) is 0 Å². The van der Waals surface area contributed by atoms with Crippen LogP contribution < -0.4 is 5.56 Å². The Hall–Kier alpha value is -2.16. The number of nitrogens with zero attached hydrogens (tertiary/aromatic N) is 4. The van der Waals surface area contributed by atoms with E-state index in [9.17, 15) is 4.79 Å². The number of rotatable bonds is 4. The third kappa shape index (κ3) is 3.60. The van der Waals surface area contributed by atoms with Gasteiger partial charge in [0, 0.05) is 34.5 Å². The lowest BCUT2D eigenvalue weighted by molar-refractivity contribution is 0.591. The summed E-state index contributed by atoms with van der Waals surface area (Å²) in [6.45, 7) is 0.958. The summed E-state index contributed by atoms with van der Waals surface area (Å²) in [5.41, 5.74) is 1.54. The van der Waals surface area contributed by atoms with Crippen LogP contribution >= 0.6 is 34.7 Å². The van der Waals surface area contributed by atoms with Gasteiger partial charge in [-0.05, 0) is 18.9 Å². The molecule has 1 aromatic carbocycles. The van der Waals surface area contributed by atoms with Crippen LogP contribution in [-0.2, 0) is 18.7 Å². The zero-order valence-electron chi connectivity index (χ0n) is 15.5. The predicted molar refractivity (Wildman–Crippen MR) is 118 cm³/mol. The lowest BCUT2D eigenvalue weighted by Crippen LogP contribution is -2.11. The van der Waals surface area contributed by atoms with Crippen molar-refractivity contribution < 1.29 is 0 Å². The summed E-state index contributed by atoms with van der Waals surface area (Å²) < 4.78 is 2.20. The Labute approximate surface area is 180 Å². The molecule has 0 spiro atoms. The molecule has 148 valence electrons. The molecule has 5 rings (SSSR count). The summed E-state index contributed by atoms with van der Waals surface area (Å²) >= 11 is 9.36. The van der Waals surface area contributed by atoms with Gasteiger partial charge in [-0.25, -0.2) is 4.98 Å². The normalized spacial score (nSPS) is 14.1. The van der Waals surface area contributed by atoms with Crippen LogP contribution in [0.15, 0.2) is 39.6 Å². The van der Waals surface area contributed by atoms with E-state index in [0.717, 1.165) is 46.3 Å². The van der Waals surface area contributed by atoms with Gasteiger partial charge in [0.2, 0.25) is 0 Å². The Balaban J connectivity index is 1.44. The first-order chi connectivity index (χ1) is 14.2. The molecule has 0 amide bonds. The van der Waals surface area contributed by atoms with Gasteiger partial charge in [-0.2, -0.15) is 0 Å². The van der Waals surface area contributed by atoms with E-state index in [2.05, 4.69) is 24.7 Å². The maximum absolute atomic E-state index is 12.8. The first kappa shape index (κ1) is 18.8. The van der Waals surface area contributed by atoms with Crippen molar-refractivity contribution in [1.29, 1.82) is 0 Å². The lowest BCUT2D eigenvalue weighted by Gasteiger charge is -2.06. The predicted octanol–water partition coefficient (Wildman–Crippen LogP) is 4.92. The number of aromatic nitrogens is 5. The van der Waals surface area contributed by atoms with E-state index in [1.54, 1.807) is 11.8 Å². The Bertz CT molecular complexity index is 1250.